The number of azo groups is 2. The number of anilines is 2. The van der Waals surface area contributed by atoms with E-state index in [4.69, 9.17) is 4.74 Å². The van der Waals surface area contributed by atoms with Crippen molar-refractivity contribution in [2.45, 2.75) is 14.7 Å². The molecule has 0 spiro atoms. The zero-order valence-electron chi connectivity index (χ0n) is 33.7. The predicted octanol–water partition coefficient (Wildman–Crippen LogP) is -0.918. The zero-order valence-corrected chi connectivity index (χ0v) is 43.1. The molecule has 64 heavy (non-hydrogen) atoms. The third-order valence-electron chi connectivity index (χ3n) is 8.96. The Balaban J connectivity index is 0.00000272. The van der Waals surface area contributed by atoms with Crippen LogP contribution in [0.1, 0.15) is 0 Å². The molecule has 25 heteroatoms. The van der Waals surface area contributed by atoms with Gasteiger partial charge in [-0.25, -0.2) is 25.3 Å². The predicted molar refractivity (Wildman–Crippen MR) is 213 cm³/mol. The van der Waals surface area contributed by atoms with Crippen molar-refractivity contribution < 1.29 is 165 Å². The normalized spacial score (nSPS) is 11.7. The summed E-state index contributed by atoms with van der Waals surface area (Å²) in [6.45, 7) is 0. The quantitative estimate of drug-likeness (QED) is 0.0693. The number of phenolic OH excluding ortho intramolecular Hbond substituents is 3. The second-order valence-electron chi connectivity index (χ2n) is 12.8. The summed E-state index contributed by atoms with van der Waals surface area (Å²) in [6.07, 6.45) is 0. The average Bonchev–Trinajstić information content (AvgIpc) is 3.19. The van der Waals surface area contributed by atoms with E-state index in [1.165, 1.54) is 55.6 Å². The molecule has 0 bridgehead atoms. The summed E-state index contributed by atoms with van der Waals surface area (Å²) in [5.41, 5.74) is 0.219. The molecular formula is C39H26CuN5Na3O13S3. The van der Waals surface area contributed by atoms with Crippen LogP contribution in [0.5, 0.6) is 23.0 Å². The molecule has 0 heterocycles. The first kappa shape index (κ1) is 54.8. The number of rotatable bonds is 11. The van der Waals surface area contributed by atoms with Gasteiger partial charge in [-0.2, -0.15) is 0 Å². The third kappa shape index (κ3) is 11.9. The van der Waals surface area contributed by atoms with Gasteiger partial charge in [0.15, 0.2) is 11.5 Å². The minimum absolute atomic E-state index is 0. The van der Waals surface area contributed by atoms with Gasteiger partial charge in [-0.3, -0.25) is 0 Å². The first-order valence-corrected chi connectivity index (χ1v) is 21.2. The molecule has 0 atom stereocenters. The first-order chi connectivity index (χ1) is 28.3. The molecule has 7 aromatic rings. The molecule has 0 saturated heterocycles. The molecule has 0 fully saturated rings. The first-order valence-electron chi connectivity index (χ1n) is 17.0. The van der Waals surface area contributed by atoms with Crippen LogP contribution in [0, 0.1) is 0 Å². The van der Waals surface area contributed by atoms with Gasteiger partial charge in [0.25, 0.3) is 0 Å². The van der Waals surface area contributed by atoms with Crippen LogP contribution < -0.4 is 98.7 Å². The van der Waals surface area contributed by atoms with Crippen molar-refractivity contribution in [1.82, 2.24) is 0 Å². The van der Waals surface area contributed by atoms with E-state index in [0.717, 1.165) is 30.0 Å². The molecular weight excluding hydrogens is 975 g/mol. The fraction of sp³-hybridized carbons (Fsp3) is 0.0256. The summed E-state index contributed by atoms with van der Waals surface area (Å²) in [5.74, 6) is -2.19. The Labute approximate surface area is 442 Å². The Morgan fingerprint density at radius 3 is 1.66 bits per heavy atom. The van der Waals surface area contributed by atoms with Gasteiger partial charge in [0.2, 0.25) is 0 Å². The molecule has 1 radical (unpaired) electrons. The summed E-state index contributed by atoms with van der Waals surface area (Å²) in [6, 6.07) is 27.1. The topological polar surface area (TPSA) is 303 Å². The van der Waals surface area contributed by atoms with E-state index in [9.17, 15) is 54.2 Å². The van der Waals surface area contributed by atoms with Crippen molar-refractivity contribution in [2.24, 2.45) is 20.5 Å². The number of benzene rings is 7. The number of ether oxygens (including phenoxy) is 1. The van der Waals surface area contributed by atoms with Gasteiger partial charge in [-0.1, -0.05) is 42.5 Å². The minimum Gasteiger partial charge on any atom is -0.744 e. The van der Waals surface area contributed by atoms with E-state index < -0.39 is 79.1 Å². The largest absolute Gasteiger partial charge is 1.00 e. The van der Waals surface area contributed by atoms with Gasteiger partial charge in [0.1, 0.15) is 64.6 Å². The van der Waals surface area contributed by atoms with Crippen LogP contribution in [0.3, 0.4) is 0 Å². The maximum atomic E-state index is 12.3. The van der Waals surface area contributed by atoms with Crippen LogP contribution in [-0.2, 0) is 47.4 Å². The molecule has 18 nitrogen and oxygen atoms in total. The fourth-order valence-electron chi connectivity index (χ4n) is 6.20. The molecule has 0 amide bonds. The molecule has 0 unspecified atom stereocenters. The third-order valence-corrected chi connectivity index (χ3v) is 11.5. The van der Waals surface area contributed by atoms with Crippen LogP contribution in [-0.4, -0.2) is 61.3 Å². The molecule has 0 aliphatic rings. The molecule has 0 saturated carbocycles. The van der Waals surface area contributed by atoms with Crippen molar-refractivity contribution in [1.29, 1.82) is 0 Å². The van der Waals surface area contributed by atoms with Gasteiger partial charge < -0.3 is 39.0 Å². The monoisotopic (exact) mass is 1000 g/mol. The summed E-state index contributed by atoms with van der Waals surface area (Å²) < 4.78 is 115. The summed E-state index contributed by atoms with van der Waals surface area (Å²) in [4.78, 5) is -2.79. The number of methoxy groups -OCH3 is 1. The minimum atomic E-state index is -5.33. The van der Waals surface area contributed by atoms with Gasteiger partial charge >= 0.3 is 88.7 Å². The van der Waals surface area contributed by atoms with Crippen LogP contribution in [0.25, 0.3) is 32.7 Å². The SMILES string of the molecule is COc1cc(-c2ccc(N=Nc3c(S(=O)(=O)[O-])cc4cc(Nc5ccccc5)ccc4c3O)c(O)c2)ccc1N=Nc1c(S(=O)(=O)[O-])cc2cccc(S(=O)(=O)[O-])c2c1O.[Cu].[Na+].[Na+].[Na+]. The van der Waals surface area contributed by atoms with Gasteiger partial charge in [0, 0.05) is 39.2 Å². The van der Waals surface area contributed by atoms with Crippen LogP contribution in [0.15, 0.2) is 150 Å². The van der Waals surface area contributed by atoms with Crippen molar-refractivity contribution in [2.75, 3.05) is 12.4 Å². The zero-order chi connectivity index (χ0) is 43.1. The number of nitrogens with one attached hydrogen (secondary N) is 1. The number of phenols is 3. The number of aromatic hydroxyl groups is 3. The fourth-order valence-corrected chi connectivity index (χ4v) is 8.20. The van der Waals surface area contributed by atoms with Gasteiger partial charge in [-0.15, -0.1) is 20.5 Å². The Bertz CT molecular complexity index is 3320. The summed E-state index contributed by atoms with van der Waals surface area (Å²) in [7, 11) is -14.4. The standard InChI is InChI=1S/C39H29N5O13S3.Cu.3Na/c1-57-31-18-22(11-15-29(31)42-44-37-33(59(51,52)53)19-23-6-5-9-32(58(48,49)50)35(23)39(37)47)21-10-14-28(30(45)17-21)41-43-36-34(60(54,55)56)20-24-16-26(12-13-27(24)38(36)46)40-25-7-3-2-4-8-25;;;;/h2-20,40,45-47H,1H3,(H,48,49,50)(H,51,52,53)(H,54,55,56);;;;/q;;3*+1/p-3. The second-order valence-corrected chi connectivity index (χ2v) is 16.8. The second kappa shape index (κ2) is 21.9. The van der Waals surface area contributed by atoms with Crippen LogP contribution in [0.4, 0.5) is 34.1 Å². The van der Waals surface area contributed by atoms with E-state index in [1.54, 1.807) is 12.1 Å². The Morgan fingerprint density at radius 1 is 0.531 bits per heavy atom. The van der Waals surface area contributed by atoms with Gasteiger partial charge in [0.05, 0.1) is 21.8 Å². The molecule has 7 aromatic carbocycles. The smallest absolute Gasteiger partial charge is 0.744 e. The Kier molecular flexibility index (Phi) is 18.7. The van der Waals surface area contributed by atoms with Gasteiger partial charge in [-0.05, 0) is 94.7 Å². The average molecular weight is 1000 g/mol. The Hall–Kier alpha value is -3.49. The Morgan fingerprint density at radius 2 is 1.08 bits per heavy atom. The van der Waals surface area contributed by atoms with E-state index in [0.29, 0.717) is 16.8 Å². The van der Waals surface area contributed by atoms with Crippen LogP contribution >= 0.6 is 0 Å². The number of hydrogen-bond acceptors (Lipinski definition) is 18. The number of hydrogen-bond donors (Lipinski definition) is 4. The van der Waals surface area contributed by atoms with Crippen molar-refractivity contribution in [3.63, 3.8) is 0 Å². The molecule has 0 aliphatic carbocycles. The maximum absolute atomic E-state index is 12.3. The number of para-hydroxylation sites is 1. The number of nitrogens with zero attached hydrogens (tertiary/aromatic N) is 4. The molecule has 7 rings (SSSR count). The molecule has 4 N–H and O–H groups in total. The van der Waals surface area contributed by atoms with Crippen molar-refractivity contribution >= 4 is 86.0 Å². The van der Waals surface area contributed by atoms with Crippen molar-refractivity contribution in [3.05, 3.63) is 115 Å². The van der Waals surface area contributed by atoms with Crippen molar-refractivity contribution in [3.8, 4) is 34.1 Å². The van der Waals surface area contributed by atoms with E-state index in [1.807, 2.05) is 30.3 Å². The summed E-state index contributed by atoms with van der Waals surface area (Å²) >= 11 is 0. The van der Waals surface area contributed by atoms with E-state index >= 15 is 0 Å². The van der Waals surface area contributed by atoms with E-state index in [2.05, 4.69) is 25.8 Å². The maximum Gasteiger partial charge on any atom is 1.00 e. The molecule has 0 aromatic heterocycles. The summed E-state index contributed by atoms with van der Waals surface area (Å²) in [5, 5.41) is 51.0. The molecule has 0 aliphatic heterocycles. The number of fused-ring (bicyclic) bond motifs is 2. The molecule has 317 valence electrons. The van der Waals surface area contributed by atoms with E-state index in [-0.39, 0.29) is 139 Å². The van der Waals surface area contributed by atoms with Crippen LogP contribution in [0.2, 0.25) is 0 Å².